The van der Waals surface area contributed by atoms with Crippen LogP contribution < -0.4 is 10.1 Å². The average Bonchev–Trinajstić information content (AvgIpc) is 3.30. The summed E-state index contributed by atoms with van der Waals surface area (Å²) in [6, 6.07) is 12.1. The van der Waals surface area contributed by atoms with Crippen molar-refractivity contribution in [2.24, 2.45) is 7.05 Å². The van der Waals surface area contributed by atoms with E-state index in [4.69, 9.17) is 4.74 Å². The number of imidazole rings is 1. The third kappa shape index (κ3) is 4.52. The summed E-state index contributed by atoms with van der Waals surface area (Å²) in [5.74, 6) is 1.32. The minimum absolute atomic E-state index is 0.463. The lowest BCUT2D eigenvalue weighted by atomic mass is 10.2. The third-order valence-electron chi connectivity index (χ3n) is 3.90. The highest BCUT2D eigenvalue weighted by Crippen LogP contribution is 2.34. The van der Waals surface area contributed by atoms with E-state index in [-0.39, 0.29) is 0 Å². The minimum atomic E-state index is 0.463. The van der Waals surface area contributed by atoms with Crippen molar-refractivity contribution < 1.29 is 4.74 Å². The maximum absolute atomic E-state index is 6.10. The summed E-state index contributed by atoms with van der Waals surface area (Å²) < 4.78 is 8.08. The number of hydrogen-bond acceptors (Lipinski definition) is 7. The highest BCUT2D eigenvalue weighted by Gasteiger charge is 2.12. The largest absolute Gasteiger partial charge is 0.485 e. The predicted molar refractivity (Wildman–Crippen MR) is 112 cm³/mol. The molecule has 0 saturated heterocycles. The summed E-state index contributed by atoms with van der Waals surface area (Å²) in [7, 11) is 1.97. The van der Waals surface area contributed by atoms with Gasteiger partial charge in [0, 0.05) is 41.6 Å². The van der Waals surface area contributed by atoms with Crippen molar-refractivity contribution in [1.82, 2.24) is 19.5 Å². The number of pyridine rings is 1. The molecular formula is C20H19N5OS2. The van der Waals surface area contributed by atoms with E-state index >= 15 is 0 Å². The van der Waals surface area contributed by atoms with Crippen LogP contribution in [0.25, 0.3) is 0 Å². The van der Waals surface area contributed by atoms with Crippen LogP contribution in [0.5, 0.6) is 5.75 Å². The molecule has 0 bridgehead atoms. The van der Waals surface area contributed by atoms with Crippen LogP contribution in [0.3, 0.4) is 0 Å². The topological polar surface area (TPSA) is 64.9 Å². The number of nitrogens with one attached hydrogen (secondary N) is 1. The Hall–Kier alpha value is -2.84. The quantitative estimate of drug-likeness (QED) is 0.461. The molecule has 0 aliphatic heterocycles. The molecule has 0 unspecified atom stereocenters. The van der Waals surface area contributed by atoms with Crippen LogP contribution in [0, 0.1) is 6.92 Å². The van der Waals surface area contributed by atoms with Gasteiger partial charge in [-0.3, -0.25) is 0 Å². The van der Waals surface area contributed by atoms with Gasteiger partial charge in [0.2, 0.25) is 0 Å². The van der Waals surface area contributed by atoms with Crippen LogP contribution >= 0.6 is 23.1 Å². The number of hydrogen-bond donors (Lipinski definition) is 1. The molecule has 142 valence electrons. The number of rotatable bonds is 7. The van der Waals surface area contributed by atoms with Crippen molar-refractivity contribution in [3.63, 3.8) is 0 Å². The molecule has 3 heterocycles. The Morgan fingerprint density at radius 3 is 2.71 bits per heavy atom. The van der Waals surface area contributed by atoms with Gasteiger partial charge in [0.1, 0.15) is 6.61 Å². The van der Waals surface area contributed by atoms with Gasteiger partial charge in [-0.25, -0.2) is 15.0 Å². The lowest BCUT2D eigenvalue weighted by Crippen LogP contribution is -2.01. The lowest BCUT2D eigenvalue weighted by Gasteiger charge is -2.13. The Kier molecular flexibility index (Phi) is 5.59. The van der Waals surface area contributed by atoms with Crippen molar-refractivity contribution in [3.05, 3.63) is 71.6 Å². The van der Waals surface area contributed by atoms with Crippen LogP contribution in [-0.4, -0.2) is 19.5 Å². The van der Waals surface area contributed by atoms with Gasteiger partial charge in [-0.1, -0.05) is 30.3 Å². The third-order valence-corrected chi connectivity index (χ3v) is 5.76. The maximum atomic E-state index is 6.10. The van der Waals surface area contributed by atoms with Crippen LogP contribution in [-0.2, 0) is 13.7 Å². The van der Waals surface area contributed by atoms with E-state index in [2.05, 4.69) is 20.3 Å². The van der Waals surface area contributed by atoms with Crippen molar-refractivity contribution in [2.45, 2.75) is 23.6 Å². The molecule has 0 fully saturated rings. The summed E-state index contributed by atoms with van der Waals surface area (Å²) in [6.45, 7) is 2.49. The number of thiazole rings is 1. The van der Waals surface area contributed by atoms with Gasteiger partial charge in [-0.2, -0.15) is 0 Å². The highest BCUT2D eigenvalue weighted by atomic mass is 32.2. The van der Waals surface area contributed by atoms with E-state index in [9.17, 15) is 0 Å². The molecule has 8 heteroatoms. The number of anilines is 2. The molecule has 0 radical (unpaired) electrons. The van der Waals surface area contributed by atoms with Crippen molar-refractivity contribution in [2.75, 3.05) is 5.32 Å². The monoisotopic (exact) mass is 409 g/mol. The first-order chi connectivity index (χ1) is 13.7. The lowest BCUT2D eigenvalue weighted by molar-refractivity contribution is 0.306. The summed E-state index contributed by atoms with van der Waals surface area (Å²) >= 11 is 3.12. The average molecular weight is 410 g/mol. The first-order valence-electron chi connectivity index (χ1n) is 8.69. The van der Waals surface area contributed by atoms with Crippen LogP contribution in [0.15, 0.2) is 71.2 Å². The molecule has 1 aromatic carbocycles. The maximum Gasteiger partial charge on any atom is 0.188 e. The Labute approximate surface area is 171 Å². The van der Waals surface area contributed by atoms with Crippen molar-refractivity contribution >= 4 is 34.0 Å². The summed E-state index contributed by atoms with van der Waals surface area (Å²) in [5, 5.41) is 4.95. The Balaban J connectivity index is 1.59. The zero-order valence-electron chi connectivity index (χ0n) is 15.5. The fourth-order valence-corrected chi connectivity index (χ4v) is 3.96. The molecule has 4 aromatic rings. The molecule has 28 heavy (non-hydrogen) atoms. The van der Waals surface area contributed by atoms with E-state index in [0.717, 1.165) is 25.6 Å². The smallest absolute Gasteiger partial charge is 0.188 e. The molecule has 0 spiro atoms. The summed E-state index contributed by atoms with van der Waals surface area (Å²) in [5.41, 5.74) is 1.10. The minimum Gasteiger partial charge on any atom is -0.485 e. The number of nitrogens with zero attached hydrogens (tertiary/aromatic N) is 4. The van der Waals surface area contributed by atoms with Gasteiger partial charge < -0.3 is 14.6 Å². The number of aryl methyl sites for hydroxylation is 2. The van der Waals surface area contributed by atoms with Crippen LogP contribution in [0.2, 0.25) is 0 Å². The Morgan fingerprint density at radius 1 is 1.14 bits per heavy atom. The van der Waals surface area contributed by atoms with E-state index in [1.54, 1.807) is 29.3 Å². The number of ether oxygens (including phenoxy) is 1. The van der Waals surface area contributed by atoms with Gasteiger partial charge >= 0.3 is 0 Å². The van der Waals surface area contributed by atoms with Gasteiger partial charge in [0.05, 0.1) is 0 Å². The molecule has 0 aliphatic carbocycles. The van der Waals surface area contributed by atoms with Gasteiger partial charge in [-0.15, -0.1) is 11.3 Å². The zero-order valence-corrected chi connectivity index (χ0v) is 17.1. The highest BCUT2D eigenvalue weighted by molar-refractivity contribution is 7.99. The standard InChI is InChI=1S/C20H19N5OS2/c1-14-11-23-19(27-14)24-18-17(26-13-15-6-4-3-5-7-15)10-16(12-22-18)28-20-21-8-9-25(20)2/h3-12H,13H2,1-2H3,(H,22,23,24). The molecule has 6 nitrogen and oxygen atoms in total. The molecule has 3 aromatic heterocycles. The molecule has 0 amide bonds. The van der Waals surface area contributed by atoms with Gasteiger partial charge in [0.15, 0.2) is 21.9 Å². The van der Waals surface area contributed by atoms with Gasteiger partial charge in [0.25, 0.3) is 0 Å². The molecular weight excluding hydrogens is 390 g/mol. The number of aromatic nitrogens is 4. The van der Waals surface area contributed by atoms with E-state index < -0.39 is 0 Å². The van der Waals surface area contributed by atoms with E-state index in [0.29, 0.717) is 18.2 Å². The second-order valence-corrected chi connectivity index (χ2v) is 8.39. The van der Waals surface area contributed by atoms with Crippen LogP contribution in [0.1, 0.15) is 10.4 Å². The first kappa shape index (κ1) is 18.5. The molecule has 1 N–H and O–H groups in total. The fourth-order valence-electron chi connectivity index (χ4n) is 2.49. The van der Waals surface area contributed by atoms with E-state index in [1.165, 1.54) is 0 Å². The van der Waals surface area contributed by atoms with Crippen LogP contribution in [0.4, 0.5) is 10.9 Å². The summed E-state index contributed by atoms with van der Waals surface area (Å²) in [6.07, 6.45) is 7.35. The van der Waals surface area contributed by atoms with Gasteiger partial charge in [-0.05, 0) is 30.3 Å². The summed E-state index contributed by atoms with van der Waals surface area (Å²) in [4.78, 5) is 15.4. The van der Waals surface area contributed by atoms with Crippen molar-refractivity contribution in [3.8, 4) is 5.75 Å². The zero-order chi connectivity index (χ0) is 19.3. The normalized spacial score (nSPS) is 10.8. The fraction of sp³-hybridized carbons (Fsp3) is 0.150. The van der Waals surface area contributed by atoms with Crippen molar-refractivity contribution in [1.29, 1.82) is 0 Å². The molecule has 0 aliphatic rings. The second kappa shape index (κ2) is 8.45. The van der Waals surface area contributed by atoms with E-state index in [1.807, 2.05) is 73.5 Å². The predicted octanol–water partition coefficient (Wildman–Crippen LogP) is 5.05. The SMILES string of the molecule is Cc1cnc(Nc2ncc(Sc3nccn3C)cc2OCc2ccccc2)s1. The molecule has 4 rings (SSSR count). The molecule has 0 atom stereocenters. The Bertz CT molecular complexity index is 1060. The second-order valence-electron chi connectivity index (χ2n) is 6.12. The Morgan fingerprint density at radius 2 is 2.00 bits per heavy atom. The number of benzene rings is 1. The first-order valence-corrected chi connectivity index (χ1v) is 10.3. The molecule has 0 saturated carbocycles.